The molecule has 5 heterocycles. The highest BCUT2D eigenvalue weighted by Gasteiger charge is 2.43. The van der Waals surface area contributed by atoms with Gasteiger partial charge in [0.1, 0.15) is 28.6 Å². The van der Waals surface area contributed by atoms with Crippen molar-refractivity contribution in [1.82, 2.24) is 35.2 Å². The Balaban J connectivity index is 1.13. The van der Waals surface area contributed by atoms with Crippen LogP contribution in [0.15, 0.2) is 87.3 Å². The summed E-state index contributed by atoms with van der Waals surface area (Å²) in [5, 5.41) is 25.0. The van der Waals surface area contributed by atoms with E-state index in [1.54, 1.807) is 41.5 Å². The van der Waals surface area contributed by atoms with Crippen LogP contribution in [0.25, 0.3) is 5.00 Å². The standard InChI is InChI=1S/C46H51ClN10O7S/c1-10-11-32(53-52-30-18-35(62-7)42(64-9)36(19-30)63-8)31-23-56(34-16-17-37(58)50-44(34)60)45(61)41(31)55(6)22-24(2)21-48-38(59)20-33-43-54-51-27(5)57(43)46-39(25(3)26(4)65-46)40(49-33)28-12-14-29(47)15-13-28/h10-15,18-19,24,33-34H,1,16-17,20-23H2,2-9H3,(H,48,59)(H,50,58,60)/b32-11+,53-52?/t24?,33-,34?/m0/s1. The zero-order valence-corrected chi connectivity index (χ0v) is 39.1. The van der Waals surface area contributed by atoms with Gasteiger partial charge in [0.15, 0.2) is 17.3 Å². The molecule has 0 saturated carbocycles. The predicted molar refractivity (Wildman–Crippen MR) is 247 cm³/mol. The molecule has 2 N–H and O–H groups in total. The Morgan fingerprint density at radius 1 is 1.09 bits per heavy atom. The van der Waals surface area contributed by atoms with Crippen LogP contribution in [-0.4, -0.2) is 108 Å². The van der Waals surface area contributed by atoms with E-state index in [1.165, 1.54) is 32.3 Å². The van der Waals surface area contributed by atoms with Gasteiger partial charge in [-0.3, -0.25) is 34.1 Å². The second-order valence-corrected chi connectivity index (χ2v) is 17.6. The molecule has 340 valence electrons. The predicted octanol–water partition coefficient (Wildman–Crippen LogP) is 6.65. The fourth-order valence-corrected chi connectivity index (χ4v) is 9.58. The SMILES string of the molecule is C=C/C=C(/N=Nc1cc(OC)c(OC)c(OC)c1)C1=C(N(C)CC(C)CNC(=O)C[C@@H]2N=C(c3ccc(Cl)cc3)c3c(sc(C)c3C)-n3c(C)nnc32)C(=O)N(C2CCC(=O)NC2=O)C1. The summed E-state index contributed by atoms with van der Waals surface area (Å²) in [6.07, 6.45) is 3.44. The maximum Gasteiger partial charge on any atom is 0.271 e. The van der Waals surface area contributed by atoms with Crippen LogP contribution in [-0.2, 0) is 19.2 Å². The van der Waals surface area contributed by atoms with Crippen molar-refractivity contribution in [3.8, 4) is 22.2 Å². The van der Waals surface area contributed by atoms with Gasteiger partial charge in [0, 0.05) is 65.3 Å². The minimum absolute atomic E-state index is 0.00606. The Hall–Kier alpha value is -6.66. The first-order chi connectivity index (χ1) is 31.2. The number of rotatable bonds is 16. The summed E-state index contributed by atoms with van der Waals surface area (Å²) < 4.78 is 18.5. The molecule has 0 bridgehead atoms. The molecule has 65 heavy (non-hydrogen) atoms. The minimum atomic E-state index is -0.879. The van der Waals surface area contributed by atoms with Crippen molar-refractivity contribution in [2.75, 3.05) is 48.0 Å². The molecule has 19 heteroatoms. The number of allylic oxidation sites excluding steroid dienone is 2. The van der Waals surface area contributed by atoms with E-state index >= 15 is 0 Å². The number of carbonyl (C=O) groups excluding carboxylic acids is 4. The summed E-state index contributed by atoms with van der Waals surface area (Å²) >= 11 is 7.92. The number of nitrogens with zero attached hydrogens (tertiary/aromatic N) is 8. The van der Waals surface area contributed by atoms with Crippen LogP contribution >= 0.6 is 22.9 Å². The third-order valence-electron chi connectivity index (χ3n) is 11.5. The number of benzene rings is 2. The Kier molecular flexibility index (Phi) is 14.0. The molecule has 4 amide bonds. The summed E-state index contributed by atoms with van der Waals surface area (Å²) in [6.45, 7) is 12.5. The van der Waals surface area contributed by atoms with Gasteiger partial charge in [0.25, 0.3) is 5.91 Å². The first kappa shape index (κ1) is 46.3. The number of aromatic nitrogens is 3. The first-order valence-corrected chi connectivity index (χ1v) is 22.1. The summed E-state index contributed by atoms with van der Waals surface area (Å²) in [6, 6.07) is 9.26. The quantitative estimate of drug-likeness (QED) is 0.0698. The van der Waals surface area contributed by atoms with Crippen LogP contribution in [0.5, 0.6) is 17.2 Å². The molecule has 4 aromatic rings. The van der Waals surface area contributed by atoms with Crippen LogP contribution in [0.4, 0.5) is 5.69 Å². The molecule has 2 aromatic carbocycles. The molecule has 1 fully saturated rings. The number of amides is 4. The third kappa shape index (κ3) is 9.45. The average molecular weight is 923 g/mol. The van der Waals surface area contributed by atoms with Crippen molar-refractivity contribution >= 4 is 58.0 Å². The molecule has 3 aliphatic heterocycles. The number of ether oxygens (including phenoxy) is 3. The van der Waals surface area contributed by atoms with Crippen LogP contribution < -0.4 is 24.8 Å². The number of nitrogens with one attached hydrogen (secondary N) is 2. The van der Waals surface area contributed by atoms with Gasteiger partial charge in [0.05, 0.1) is 51.4 Å². The largest absolute Gasteiger partial charge is 0.493 e. The van der Waals surface area contributed by atoms with Gasteiger partial charge in [0.2, 0.25) is 23.5 Å². The van der Waals surface area contributed by atoms with Gasteiger partial charge < -0.3 is 29.3 Å². The van der Waals surface area contributed by atoms with Gasteiger partial charge in [-0.25, -0.2) is 0 Å². The Labute approximate surface area is 385 Å². The van der Waals surface area contributed by atoms with E-state index in [4.69, 9.17) is 30.8 Å². The van der Waals surface area contributed by atoms with Crippen LogP contribution in [0.3, 0.4) is 0 Å². The number of halogens is 1. The number of imide groups is 1. The van der Waals surface area contributed by atoms with Crippen molar-refractivity contribution < 1.29 is 33.4 Å². The molecule has 7 rings (SSSR count). The normalized spacial score (nSPS) is 17.9. The Morgan fingerprint density at radius 2 is 1.80 bits per heavy atom. The summed E-state index contributed by atoms with van der Waals surface area (Å²) in [5.41, 5.74) is 5.18. The summed E-state index contributed by atoms with van der Waals surface area (Å²) in [5.74, 6) is 0.643. The highest BCUT2D eigenvalue weighted by atomic mass is 35.5. The molecule has 17 nitrogen and oxygen atoms in total. The lowest BCUT2D eigenvalue weighted by atomic mass is 9.99. The zero-order chi connectivity index (χ0) is 46.7. The number of hydrogen-bond acceptors (Lipinski definition) is 14. The molecular formula is C46H51ClN10O7S. The van der Waals surface area contributed by atoms with Crippen LogP contribution in [0.1, 0.15) is 65.4 Å². The number of aliphatic imine (C=N–C) groups is 1. The van der Waals surface area contributed by atoms with Crippen molar-refractivity contribution in [2.24, 2.45) is 21.1 Å². The van der Waals surface area contributed by atoms with Crippen molar-refractivity contribution in [2.45, 2.75) is 59.0 Å². The number of methoxy groups -OCH3 is 3. The van der Waals surface area contributed by atoms with E-state index in [0.29, 0.717) is 63.1 Å². The van der Waals surface area contributed by atoms with Gasteiger partial charge in [-0.1, -0.05) is 43.3 Å². The summed E-state index contributed by atoms with van der Waals surface area (Å²) in [7, 11) is 6.26. The molecule has 3 aliphatic rings. The number of fused-ring (bicyclic) bond motifs is 3. The van der Waals surface area contributed by atoms with Crippen LogP contribution in [0.2, 0.25) is 5.02 Å². The maximum absolute atomic E-state index is 14.4. The second kappa shape index (κ2) is 19.6. The number of carbonyl (C=O) groups is 4. The maximum atomic E-state index is 14.4. The van der Waals surface area contributed by atoms with E-state index < -0.39 is 29.8 Å². The Bertz CT molecular complexity index is 2660. The van der Waals surface area contributed by atoms with Crippen LogP contribution in [0, 0.1) is 26.7 Å². The highest BCUT2D eigenvalue weighted by Crippen LogP contribution is 2.42. The fourth-order valence-electron chi connectivity index (χ4n) is 8.24. The third-order valence-corrected chi connectivity index (χ3v) is 13.0. The lowest BCUT2D eigenvalue weighted by molar-refractivity contribution is -0.143. The number of hydrogen-bond donors (Lipinski definition) is 2. The minimum Gasteiger partial charge on any atom is -0.493 e. The molecule has 3 atom stereocenters. The van der Waals surface area contributed by atoms with Crippen molar-refractivity contribution in [3.05, 3.63) is 110 Å². The first-order valence-electron chi connectivity index (χ1n) is 20.9. The molecule has 2 aromatic heterocycles. The smallest absolute Gasteiger partial charge is 0.271 e. The zero-order valence-electron chi connectivity index (χ0n) is 37.5. The van der Waals surface area contributed by atoms with Gasteiger partial charge in [-0.2, -0.15) is 10.2 Å². The highest BCUT2D eigenvalue weighted by molar-refractivity contribution is 7.15. The molecule has 0 aliphatic carbocycles. The molecule has 0 spiro atoms. The lowest BCUT2D eigenvalue weighted by Crippen LogP contribution is -2.53. The number of likely N-dealkylation sites (N-methyl/N-ethyl adjacent to an activating group) is 1. The van der Waals surface area contributed by atoms with Gasteiger partial charge in [-0.05, 0) is 56.9 Å². The fraction of sp³-hybridized carbons (Fsp3) is 0.370. The van der Waals surface area contributed by atoms with E-state index in [9.17, 15) is 19.2 Å². The lowest BCUT2D eigenvalue weighted by Gasteiger charge is -2.31. The molecule has 1 saturated heterocycles. The van der Waals surface area contributed by atoms with Crippen molar-refractivity contribution in [1.29, 1.82) is 0 Å². The number of aryl methyl sites for hydroxylation is 2. The summed E-state index contributed by atoms with van der Waals surface area (Å²) in [4.78, 5) is 63.1. The second-order valence-electron chi connectivity index (χ2n) is 16.0. The van der Waals surface area contributed by atoms with Crippen molar-refractivity contribution in [3.63, 3.8) is 0 Å². The molecule has 2 unspecified atom stereocenters. The molecule has 0 radical (unpaired) electrons. The number of piperidine rings is 1. The van der Waals surface area contributed by atoms with E-state index in [0.717, 1.165) is 32.3 Å². The average Bonchev–Trinajstić information content (AvgIpc) is 3.90. The Morgan fingerprint density at radius 3 is 2.45 bits per heavy atom. The van der Waals surface area contributed by atoms with E-state index in [-0.39, 0.29) is 44.2 Å². The monoisotopic (exact) mass is 922 g/mol. The van der Waals surface area contributed by atoms with Gasteiger partial charge >= 0.3 is 0 Å². The molecular weight excluding hydrogens is 872 g/mol. The van der Waals surface area contributed by atoms with E-state index in [1.807, 2.05) is 42.7 Å². The number of thiophene rings is 1. The number of azo groups is 1. The van der Waals surface area contributed by atoms with E-state index in [2.05, 4.69) is 51.5 Å². The van der Waals surface area contributed by atoms with Gasteiger partial charge in [-0.15, -0.1) is 21.5 Å². The topological polar surface area (TPSA) is 194 Å².